The molecule has 0 nitrogen and oxygen atoms in total. The molecule has 0 amide bonds. The topological polar surface area (TPSA) is 0 Å². The van der Waals surface area contributed by atoms with Crippen LogP contribution in [0.15, 0.2) is 0 Å². The van der Waals surface area contributed by atoms with E-state index < -0.39 is 0 Å². The normalized spacial score (nSPS) is 0. The average molecular weight is 438 g/mol. The van der Waals surface area contributed by atoms with Gasteiger partial charge in [-0.1, -0.05) is 0 Å². The fourth-order valence-electron chi connectivity index (χ4n) is 0. The van der Waals surface area contributed by atoms with Gasteiger partial charge in [-0.15, -0.1) is 0 Å². The van der Waals surface area contributed by atoms with Crippen LogP contribution < -0.4 is 99.3 Å². The first-order chi connectivity index (χ1) is 0. The van der Waals surface area contributed by atoms with Gasteiger partial charge in [0.05, 0.1) is 0 Å². The molecule has 0 radical (unpaired) electrons. The molecule has 0 aromatic carbocycles. The second kappa shape index (κ2) is 135. The summed E-state index contributed by atoms with van der Waals surface area (Å²) in [4.78, 5) is 0. The molecule has 0 bridgehead atoms. The molecule has 0 rings (SSSR count). The zero-order chi connectivity index (χ0) is 0. The van der Waals surface area contributed by atoms with E-state index in [1.54, 1.807) is 0 Å². The third-order valence-corrected chi connectivity index (χ3v) is 0. The fourth-order valence-corrected chi connectivity index (χ4v) is 0. The maximum Gasteiger partial charge on any atom is 6.00 e. The zero-order valence-corrected chi connectivity index (χ0v) is 12.8. The van der Waals surface area contributed by atoms with Crippen LogP contribution in [0.4, 0.5) is 0 Å². The Hall–Kier alpha value is 3.50. The number of hydrogen-bond donors (Lipinski definition) is 0. The van der Waals surface area contributed by atoms with E-state index in [-0.39, 0.29) is 137 Å². The quantitative estimate of drug-likeness (QED) is 0.330. The molecule has 0 N–H and O–H groups in total. The number of halogens is 8. The molecule has 72 valence electrons. The predicted octanol–water partition coefficient (Wildman–Crippen LogP) is -24.0. The van der Waals surface area contributed by atoms with Crippen molar-refractivity contribution in [2.75, 3.05) is 0 Å². The van der Waals surface area contributed by atoms with E-state index in [4.69, 9.17) is 0 Å². The second-order valence-electron chi connectivity index (χ2n) is 0. The van der Waals surface area contributed by atoms with Crippen molar-refractivity contribution in [2.24, 2.45) is 0 Å². The SMILES string of the molecule is [Cl-].[Cl-].[Cl-].[Cl-].[Cl-].[Cl-].[Cl-].[Cl-].[Mo+6].[Ni+2]. The van der Waals surface area contributed by atoms with E-state index in [0.717, 1.165) is 0 Å². The Morgan fingerprint density at radius 2 is 0.300 bits per heavy atom. The fraction of sp³-hybridized carbons (Fsp3) is 0. The Bertz CT molecular complexity index is 9.22. The average Bonchev–Trinajstić information content (AvgIpc) is 0. The van der Waals surface area contributed by atoms with Crippen LogP contribution in [-0.4, -0.2) is 0 Å². The molecule has 0 spiro atoms. The Morgan fingerprint density at radius 1 is 0.300 bits per heavy atom. The van der Waals surface area contributed by atoms with Crippen LogP contribution in [-0.2, 0) is 37.6 Å². The molecule has 0 unspecified atom stereocenters. The Balaban J connectivity index is 0. The molecule has 0 aromatic rings. The van der Waals surface area contributed by atoms with Gasteiger partial charge in [-0.05, 0) is 0 Å². The molecule has 0 aliphatic heterocycles. The van der Waals surface area contributed by atoms with Gasteiger partial charge in [0, 0.05) is 0 Å². The molecule has 10 heavy (non-hydrogen) atoms. The van der Waals surface area contributed by atoms with Crippen LogP contribution >= 0.6 is 0 Å². The van der Waals surface area contributed by atoms with Crippen LogP contribution in [0.2, 0.25) is 0 Å². The summed E-state index contributed by atoms with van der Waals surface area (Å²) in [6.07, 6.45) is 0. The predicted molar refractivity (Wildman–Crippen MR) is 0 cm³/mol. The summed E-state index contributed by atoms with van der Waals surface area (Å²) < 4.78 is 0. The summed E-state index contributed by atoms with van der Waals surface area (Å²) in [6, 6.07) is 0. The van der Waals surface area contributed by atoms with E-state index in [2.05, 4.69) is 0 Å². The number of rotatable bonds is 0. The standard InChI is InChI=1S/8ClH.Mo.Ni/h8*1H;;/q;;;;;;;;+6;+2/p-8. The number of hydrogen-bond acceptors (Lipinski definition) is 0. The van der Waals surface area contributed by atoms with E-state index in [0.29, 0.717) is 0 Å². The maximum absolute atomic E-state index is 0. The summed E-state index contributed by atoms with van der Waals surface area (Å²) >= 11 is 0. The first-order valence-electron chi connectivity index (χ1n) is 0. The Kier molecular flexibility index (Phi) is 2320. The van der Waals surface area contributed by atoms with Crippen molar-refractivity contribution in [1.29, 1.82) is 0 Å². The summed E-state index contributed by atoms with van der Waals surface area (Å²) in [5.41, 5.74) is 0. The molecule has 0 aliphatic carbocycles. The van der Waals surface area contributed by atoms with E-state index in [1.807, 2.05) is 0 Å². The molecule has 0 saturated carbocycles. The van der Waals surface area contributed by atoms with Gasteiger partial charge in [0.1, 0.15) is 0 Å². The van der Waals surface area contributed by atoms with Gasteiger partial charge in [0.15, 0.2) is 0 Å². The second-order valence-corrected chi connectivity index (χ2v) is 0. The summed E-state index contributed by atoms with van der Waals surface area (Å²) in [6.45, 7) is 0. The largest absolute Gasteiger partial charge is 6.00 e. The monoisotopic (exact) mass is 436 g/mol. The third kappa shape index (κ3) is 103. The van der Waals surface area contributed by atoms with Crippen LogP contribution in [0.5, 0.6) is 0 Å². The van der Waals surface area contributed by atoms with Gasteiger partial charge < -0.3 is 99.3 Å². The minimum Gasteiger partial charge on any atom is -1.00 e. The van der Waals surface area contributed by atoms with Crippen molar-refractivity contribution >= 4 is 0 Å². The van der Waals surface area contributed by atoms with E-state index in [9.17, 15) is 0 Å². The minimum atomic E-state index is 0. The summed E-state index contributed by atoms with van der Waals surface area (Å²) in [5.74, 6) is 0. The van der Waals surface area contributed by atoms with Crippen LogP contribution in [0.1, 0.15) is 0 Å². The molecule has 0 saturated heterocycles. The van der Waals surface area contributed by atoms with Crippen molar-refractivity contribution in [3.8, 4) is 0 Å². The van der Waals surface area contributed by atoms with E-state index in [1.165, 1.54) is 0 Å². The molecule has 0 aromatic heterocycles. The first-order valence-corrected chi connectivity index (χ1v) is 0. The van der Waals surface area contributed by atoms with E-state index >= 15 is 0 Å². The molecule has 0 heterocycles. The van der Waals surface area contributed by atoms with Crippen LogP contribution in [0.25, 0.3) is 0 Å². The van der Waals surface area contributed by atoms with Gasteiger partial charge in [0.2, 0.25) is 0 Å². The molecule has 10 heteroatoms. The van der Waals surface area contributed by atoms with Crippen molar-refractivity contribution in [2.45, 2.75) is 0 Å². The summed E-state index contributed by atoms with van der Waals surface area (Å²) in [5, 5.41) is 0. The van der Waals surface area contributed by atoms with Crippen LogP contribution in [0, 0.1) is 0 Å². The van der Waals surface area contributed by atoms with Gasteiger partial charge in [-0.2, -0.15) is 0 Å². The Labute approximate surface area is 135 Å². The zero-order valence-electron chi connectivity index (χ0n) is 3.75. The van der Waals surface area contributed by atoms with Crippen molar-refractivity contribution in [3.05, 3.63) is 0 Å². The Morgan fingerprint density at radius 3 is 0.300 bits per heavy atom. The molecular formula is Cl8MoNi. The molecular weight excluding hydrogens is 438 g/mol. The van der Waals surface area contributed by atoms with Crippen molar-refractivity contribution < 1.29 is 137 Å². The van der Waals surface area contributed by atoms with Crippen molar-refractivity contribution in [3.63, 3.8) is 0 Å². The van der Waals surface area contributed by atoms with Gasteiger partial charge in [-0.3, -0.25) is 0 Å². The molecule has 0 fully saturated rings. The third-order valence-electron chi connectivity index (χ3n) is 0. The van der Waals surface area contributed by atoms with Gasteiger partial charge >= 0.3 is 37.6 Å². The first kappa shape index (κ1) is 172. The smallest absolute Gasteiger partial charge is 1.00 e. The maximum atomic E-state index is 0. The summed E-state index contributed by atoms with van der Waals surface area (Å²) in [7, 11) is 0. The molecule has 0 atom stereocenters. The van der Waals surface area contributed by atoms with Gasteiger partial charge in [-0.25, -0.2) is 0 Å². The van der Waals surface area contributed by atoms with Crippen LogP contribution in [0.3, 0.4) is 0 Å². The minimum absolute atomic E-state index is 0. The molecule has 0 aliphatic rings. The van der Waals surface area contributed by atoms with Gasteiger partial charge in [0.25, 0.3) is 0 Å². The van der Waals surface area contributed by atoms with Crippen molar-refractivity contribution in [1.82, 2.24) is 0 Å².